The van der Waals surface area contributed by atoms with Crippen molar-refractivity contribution in [1.29, 1.82) is 0 Å². The van der Waals surface area contributed by atoms with Crippen molar-refractivity contribution in [3.63, 3.8) is 0 Å². The van der Waals surface area contributed by atoms with Crippen LogP contribution >= 0.6 is 0 Å². The van der Waals surface area contributed by atoms with Gasteiger partial charge in [-0.3, -0.25) is 14.4 Å². The number of esters is 3. The number of carbonyl (C=O) groups excluding carboxylic acids is 3. The van der Waals surface area contributed by atoms with E-state index in [2.05, 4.69) is 112 Å². The first-order chi connectivity index (χ1) is 33.5. The molecule has 6 nitrogen and oxygen atoms in total. The summed E-state index contributed by atoms with van der Waals surface area (Å²) in [6.07, 6.45) is 74.1. The lowest BCUT2D eigenvalue weighted by Crippen LogP contribution is -2.30. The Bertz CT molecular complexity index is 1360. The van der Waals surface area contributed by atoms with Crippen molar-refractivity contribution in [2.24, 2.45) is 0 Å². The Morgan fingerprint density at radius 1 is 0.309 bits per heavy atom. The van der Waals surface area contributed by atoms with Gasteiger partial charge in [-0.1, -0.05) is 227 Å². The van der Waals surface area contributed by atoms with Crippen molar-refractivity contribution in [2.45, 2.75) is 264 Å². The summed E-state index contributed by atoms with van der Waals surface area (Å²) in [7, 11) is 0. The van der Waals surface area contributed by atoms with Gasteiger partial charge >= 0.3 is 17.9 Å². The van der Waals surface area contributed by atoms with Crippen LogP contribution in [0.3, 0.4) is 0 Å². The van der Waals surface area contributed by atoms with Crippen LogP contribution in [0.1, 0.15) is 258 Å². The van der Waals surface area contributed by atoms with E-state index in [1.54, 1.807) is 0 Å². The van der Waals surface area contributed by atoms with Gasteiger partial charge in [0.2, 0.25) is 0 Å². The zero-order valence-corrected chi connectivity index (χ0v) is 44.3. The summed E-state index contributed by atoms with van der Waals surface area (Å²) in [5.74, 6) is -1.01. The number of unbranched alkanes of at least 4 members (excludes halogenated alkanes) is 23. The second kappa shape index (κ2) is 55.9. The molecule has 0 N–H and O–H groups in total. The summed E-state index contributed by atoms with van der Waals surface area (Å²) >= 11 is 0. The summed E-state index contributed by atoms with van der Waals surface area (Å²) in [6.45, 7) is 6.44. The predicted molar refractivity (Wildman–Crippen MR) is 293 cm³/mol. The van der Waals surface area contributed by atoms with E-state index < -0.39 is 6.10 Å². The third-order valence-electron chi connectivity index (χ3n) is 11.8. The molecule has 0 fully saturated rings. The molecule has 0 aliphatic heterocycles. The van der Waals surface area contributed by atoms with Gasteiger partial charge in [-0.25, -0.2) is 0 Å². The van der Waals surface area contributed by atoms with Crippen LogP contribution < -0.4 is 0 Å². The van der Waals surface area contributed by atoms with E-state index in [1.807, 2.05) is 6.08 Å². The minimum Gasteiger partial charge on any atom is -0.462 e. The molecule has 0 saturated carbocycles. The van der Waals surface area contributed by atoms with Crippen LogP contribution in [0.4, 0.5) is 0 Å². The standard InChI is InChI=1S/C62H104O6/c1-4-7-10-13-16-19-22-25-27-29-31-33-34-37-40-43-46-49-52-55-61(64)67-58-59(57-66-60(63)54-51-48-45-42-39-36-24-21-18-15-12-9-6-3)68-62(65)56-53-50-47-44-41-38-35-32-30-28-26-23-20-17-14-11-8-5-2/h7,10,16,19,21,24-25,27-28,30-31,33,37,40,46,49,59H,4-6,8-9,11-15,17-18,20,22-23,26,29,32,34-36,38-39,41-45,47-48,50-58H2,1-3H3/b10-7-,19-16-,24-21-,27-25-,30-28-,33-31-,40-37-,49-46-. The molecule has 0 heterocycles. The lowest BCUT2D eigenvalue weighted by molar-refractivity contribution is -0.166. The van der Waals surface area contributed by atoms with Crippen LogP contribution in [-0.2, 0) is 28.6 Å². The first-order valence-electron chi connectivity index (χ1n) is 28.2. The van der Waals surface area contributed by atoms with Crippen LogP contribution in [0.15, 0.2) is 97.2 Å². The third kappa shape index (κ3) is 53.3. The van der Waals surface area contributed by atoms with Gasteiger partial charge in [-0.2, -0.15) is 0 Å². The van der Waals surface area contributed by atoms with E-state index in [1.165, 1.54) is 122 Å². The average molecular weight is 946 g/mol. The lowest BCUT2D eigenvalue weighted by Gasteiger charge is -2.18. The fourth-order valence-electron chi connectivity index (χ4n) is 7.57. The fourth-order valence-corrected chi connectivity index (χ4v) is 7.57. The molecule has 388 valence electrons. The Morgan fingerprint density at radius 2 is 0.603 bits per heavy atom. The molecule has 0 amide bonds. The van der Waals surface area contributed by atoms with Gasteiger partial charge in [0.25, 0.3) is 0 Å². The van der Waals surface area contributed by atoms with Gasteiger partial charge < -0.3 is 14.2 Å². The lowest BCUT2D eigenvalue weighted by atomic mass is 10.1. The number of hydrogen-bond acceptors (Lipinski definition) is 6. The molecule has 68 heavy (non-hydrogen) atoms. The molecular weight excluding hydrogens is 841 g/mol. The highest BCUT2D eigenvalue weighted by Crippen LogP contribution is 2.14. The highest BCUT2D eigenvalue weighted by atomic mass is 16.6. The second-order valence-electron chi connectivity index (χ2n) is 18.5. The molecule has 6 heteroatoms. The topological polar surface area (TPSA) is 78.9 Å². The largest absolute Gasteiger partial charge is 0.462 e. The normalized spacial score (nSPS) is 12.8. The number of rotatable bonds is 50. The predicted octanol–water partition coefficient (Wildman–Crippen LogP) is 18.9. The van der Waals surface area contributed by atoms with Crippen LogP contribution in [0.2, 0.25) is 0 Å². The van der Waals surface area contributed by atoms with Crippen LogP contribution in [0.5, 0.6) is 0 Å². The summed E-state index contributed by atoms with van der Waals surface area (Å²) in [5, 5.41) is 0. The maximum absolute atomic E-state index is 12.8. The zero-order chi connectivity index (χ0) is 49.3. The molecule has 0 rings (SSSR count). The van der Waals surface area contributed by atoms with E-state index in [4.69, 9.17) is 14.2 Å². The first-order valence-corrected chi connectivity index (χ1v) is 28.2. The summed E-state index contributed by atoms with van der Waals surface area (Å²) < 4.78 is 16.8. The van der Waals surface area contributed by atoms with Crippen molar-refractivity contribution in [3.8, 4) is 0 Å². The summed E-state index contributed by atoms with van der Waals surface area (Å²) in [6, 6.07) is 0. The van der Waals surface area contributed by atoms with Gasteiger partial charge in [-0.05, 0) is 109 Å². The van der Waals surface area contributed by atoms with E-state index in [0.29, 0.717) is 19.3 Å². The molecule has 1 unspecified atom stereocenters. The highest BCUT2D eigenvalue weighted by molar-refractivity contribution is 5.71. The first kappa shape index (κ1) is 64.3. The number of hydrogen-bond donors (Lipinski definition) is 0. The minimum absolute atomic E-state index is 0.107. The molecule has 1 atom stereocenters. The maximum atomic E-state index is 12.8. The molecular formula is C62H104O6. The summed E-state index contributed by atoms with van der Waals surface area (Å²) in [5.41, 5.74) is 0. The van der Waals surface area contributed by atoms with Crippen molar-refractivity contribution in [1.82, 2.24) is 0 Å². The fraction of sp³-hybridized carbons (Fsp3) is 0.694. The Morgan fingerprint density at radius 3 is 1.00 bits per heavy atom. The molecule has 0 bridgehead atoms. The van der Waals surface area contributed by atoms with Crippen molar-refractivity contribution < 1.29 is 28.6 Å². The van der Waals surface area contributed by atoms with Gasteiger partial charge in [0, 0.05) is 19.3 Å². The maximum Gasteiger partial charge on any atom is 0.306 e. The van der Waals surface area contributed by atoms with Crippen LogP contribution in [0.25, 0.3) is 0 Å². The second-order valence-corrected chi connectivity index (χ2v) is 18.5. The quantitative estimate of drug-likeness (QED) is 0.0262. The van der Waals surface area contributed by atoms with Crippen LogP contribution in [-0.4, -0.2) is 37.2 Å². The Hall–Kier alpha value is -3.67. The SMILES string of the molecule is CC/C=C\C/C=C\C/C=C\C/C=C\C/C=C\C/C=C\CCC(=O)OCC(COC(=O)CCCCCCC/C=C\CCCCCC)OC(=O)CCCCCCCCC/C=C\CCCCCCCCC. The Labute approximate surface area is 419 Å². The highest BCUT2D eigenvalue weighted by Gasteiger charge is 2.19. The summed E-state index contributed by atoms with van der Waals surface area (Å²) in [4.78, 5) is 38.1. The molecule has 0 aromatic rings. The van der Waals surface area contributed by atoms with Gasteiger partial charge in [0.1, 0.15) is 13.2 Å². The molecule has 0 saturated heterocycles. The Balaban J connectivity index is 4.50. The minimum atomic E-state index is -0.814. The number of carbonyl (C=O) groups is 3. The smallest absolute Gasteiger partial charge is 0.306 e. The average Bonchev–Trinajstić information content (AvgIpc) is 3.34. The van der Waals surface area contributed by atoms with Crippen molar-refractivity contribution >= 4 is 17.9 Å². The molecule has 0 aromatic heterocycles. The molecule has 0 aliphatic rings. The monoisotopic (exact) mass is 945 g/mol. The van der Waals surface area contributed by atoms with Crippen molar-refractivity contribution in [3.05, 3.63) is 97.2 Å². The number of allylic oxidation sites excluding steroid dienone is 16. The van der Waals surface area contributed by atoms with E-state index >= 15 is 0 Å². The van der Waals surface area contributed by atoms with Gasteiger partial charge in [0.15, 0.2) is 6.10 Å². The van der Waals surface area contributed by atoms with Gasteiger partial charge in [0.05, 0.1) is 0 Å². The van der Waals surface area contributed by atoms with E-state index in [9.17, 15) is 14.4 Å². The molecule has 0 aliphatic carbocycles. The molecule has 0 aromatic carbocycles. The van der Waals surface area contributed by atoms with E-state index in [-0.39, 0.29) is 37.5 Å². The van der Waals surface area contributed by atoms with E-state index in [0.717, 1.165) is 89.9 Å². The third-order valence-corrected chi connectivity index (χ3v) is 11.8. The zero-order valence-electron chi connectivity index (χ0n) is 44.3. The van der Waals surface area contributed by atoms with Crippen LogP contribution in [0, 0.1) is 0 Å². The van der Waals surface area contributed by atoms with Crippen molar-refractivity contribution in [2.75, 3.05) is 13.2 Å². The molecule has 0 radical (unpaired) electrons. The Kier molecular flexibility index (Phi) is 52.9. The van der Waals surface area contributed by atoms with Gasteiger partial charge in [-0.15, -0.1) is 0 Å². The number of ether oxygens (including phenoxy) is 3. The molecule has 0 spiro atoms.